The van der Waals surface area contributed by atoms with Gasteiger partial charge in [0.2, 0.25) is 17.7 Å². The van der Waals surface area contributed by atoms with Crippen molar-refractivity contribution in [2.24, 2.45) is 16.6 Å². The molecule has 0 aliphatic heterocycles. The molecule has 0 aliphatic carbocycles. The van der Waals surface area contributed by atoms with Crippen molar-refractivity contribution in [3.05, 3.63) is 83.7 Å². The molecule has 3 amide bonds. The van der Waals surface area contributed by atoms with E-state index in [1.807, 2.05) is 76.4 Å². The van der Waals surface area contributed by atoms with Crippen LogP contribution in [-0.4, -0.2) is 88.2 Å². The zero-order valence-corrected chi connectivity index (χ0v) is 37.1. The molecule has 0 spiro atoms. The normalized spacial score (nSPS) is 13.5. The second-order valence-electron chi connectivity index (χ2n) is 18.6. The van der Waals surface area contributed by atoms with Gasteiger partial charge >= 0.3 is 11.9 Å². The van der Waals surface area contributed by atoms with E-state index in [9.17, 15) is 33.5 Å². The van der Waals surface area contributed by atoms with Crippen LogP contribution in [0.5, 0.6) is 0 Å². The highest BCUT2D eigenvalue weighted by Gasteiger charge is 2.37. The number of carbonyl (C=O) groups excluding carboxylic acids is 5. The van der Waals surface area contributed by atoms with Gasteiger partial charge < -0.3 is 40.4 Å². The number of aliphatic hydroxyl groups excluding tert-OH is 1. The van der Waals surface area contributed by atoms with Gasteiger partial charge in [0, 0.05) is 55.5 Å². The van der Waals surface area contributed by atoms with Crippen LogP contribution >= 0.6 is 0 Å². The Kier molecular flexibility index (Phi) is 18.2. The predicted octanol–water partition coefficient (Wildman–Crippen LogP) is 6.20. The molecule has 336 valence electrons. The average molecular weight is 854 g/mol. The van der Waals surface area contributed by atoms with E-state index in [4.69, 9.17) is 15.2 Å². The Morgan fingerprint density at radius 2 is 1.57 bits per heavy atom. The van der Waals surface area contributed by atoms with Gasteiger partial charge in [-0.25, -0.2) is 13.6 Å². The van der Waals surface area contributed by atoms with Crippen molar-refractivity contribution in [2.75, 3.05) is 26.3 Å². The number of esters is 2. The molecule has 15 heteroatoms. The zero-order valence-electron chi connectivity index (χ0n) is 37.1. The minimum absolute atomic E-state index is 0.0283. The number of nitrogens with zero attached hydrogens (tertiary/aromatic N) is 2. The molecule has 0 saturated heterocycles. The van der Waals surface area contributed by atoms with Crippen molar-refractivity contribution in [3.63, 3.8) is 0 Å². The maximum atomic E-state index is 15.1. The number of hydrogen-bond acceptors (Lipinski definition) is 9. The van der Waals surface area contributed by atoms with Gasteiger partial charge in [0.1, 0.15) is 29.9 Å². The third-order valence-corrected chi connectivity index (χ3v) is 9.68. The molecule has 3 rings (SSSR count). The van der Waals surface area contributed by atoms with Gasteiger partial charge in [-0.1, -0.05) is 71.9 Å². The van der Waals surface area contributed by atoms with E-state index in [0.29, 0.717) is 24.2 Å². The molecule has 5 N–H and O–H groups in total. The van der Waals surface area contributed by atoms with Gasteiger partial charge in [-0.2, -0.15) is 0 Å². The number of rotatable bonds is 20. The van der Waals surface area contributed by atoms with Gasteiger partial charge in [-0.3, -0.25) is 19.2 Å². The maximum Gasteiger partial charge on any atom is 0.329 e. The number of nitrogens with one attached hydrogen (secondary N) is 2. The van der Waals surface area contributed by atoms with Crippen LogP contribution < -0.4 is 16.4 Å². The Balaban J connectivity index is 1.73. The van der Waals surface area contributed by atoms with Gasteiger partial charge in [0.25, 0.3) is 0 Å². The summed E-state index contributed by atoms with van der Waals surface area (Å²) in [4.78, 5) is 66.5. The molecule has 0 saturated carbocycles. The second-order valence-corrected chi connectivity index (χ2v) is 18.6. The highest BCUT2D eigenvalue weighted by molar-refractivity contribution is 5.86. The van der Waals surface area contributed by atoms with E-state index in [-0.39, 0.29) is 56.4 Å². The molecule has 61 heavy (non-hydrogen) atoms. The first kappa shape index (κ1) is 50.2. The fourth-order valence-corrected chi connectivity index (χ4v) is 6.63. The van der Waals surface area contributed by atoms with Crippen LogP contribution in [0.3, 0.4) is 0 Å². The van der Waals surface area contributed by atoms with Crippen LogP contribution in [0.1, 0.15) is 112 Å². The Labute approximate surface area is 358 Å². The number of hydrogen-bond donors (Lipinski definition) is 4. The third kappa shape index (κ3) is 16.7. The number of aromatic nitrogens is 1. The molecule has 0 radical (unpaired) electrons. The smallest absolute Gasteiger partial charge is 0.329 e. The highest BCUT2D eigenvalue weighted by atomic mass is 19.1. The largest absolute Gasteiger partial charge is 0.466 e. The summed E-state index contributed by atoms with van der Waals surface area (Å²) >= 11 is 0. The van der Waals surface area contributed by atoms with Gasteiger partial charge in [0.05, 0.1) is 18.7 Å². The monoisotopic (exact) mass is 853 g/mol. The molecule has 0 aliphatic rings. The molecular weight excluding hydrogens is 789 g/mol. The van der Waals surface area contributed by atoms with E-state index < -0.39 is 77.0 Å². The first-order chi connectivity index (χ1) is 28.4. The molecule has 1 aromatic heterocycles. The molecule has 3 atom stereocenters. The zero-order chi connectivity index (χ0) is 45.7. The second kappa shape index (κ2) is 22.1. The summed E-state index contributed by atoms with van der Waals surface area (Å²) in [5.41, 5.74) is 6.69. The maximum absolute atomic E-state index is 15.1. The highest BCUT2D eigenvalue weighted by Crippen LogP contribution is 2.41. The fraction of sp³-hybridized carbons (Fsp3) is 0.543. The molecule has 1 heterocycles. The quantitative estimate of drug-likeness (QED) is 0.0963. The van der Waals surface area contributed by atoms with E-state index >= 15 is 4.39 Å². The number of amides is 3. The predicted molar refractivity (Wildman–Crippen MR) is 229 cm³/mol. The molecule has 3 aromatic rings. The van der Waals surface area contributed by atoms with Crippen LogP contribution in [0.25, 0.3) is 11.1 Å². The Bertz CT molecular complexity index is 1950. The summed E-state index contributed by atoms with van der Waals surface area (Å²) < 4.78 is 42.1. The van der Waals surface area contributed by atoms with E-state index in [1.165, 1.54) is 4.90 Å². The van der Waals surface area contributed by atoms with Crippen molar-refractivity contribution in [3.8, 4) is 11.1 Å². The molecule has 0 unspecified atom stereocenters. The van der Waals surface area contributed by atoms with E-state index in [2.05, 4.69) is 10.6 Å². The lowest BCUT2D eigenvalue weighted by molar-refractivity contribution is -0.159. The Hall–Kier alpha value is -5.15. The minimum Gasteiger partial charge on any atom is -0.466 e. The standard InChI is InChI=1S/C46H65F2N5O8/c1-44(2,3)21-24-60-40(57)18-17-36(43(59)61-46(7,8)9)51-38(55)19-22-50-42(58)35(49)20-23-53(39(56)29-54)41(45(4,5)6)37-25-31(33-26-32(47)15-16-34(33)48)28-52(37)27-30-13-11-10-12-14-30/h10-16,25-26,28,35-36,41,54H,17-24,27,29,49H2,1-9H3,(H,50,58)(H,51,55)/t35-,36-,41-/m0/s1. The van der Waals surface area contributed by atoms with Gasteiger partial charge in [-0.15, -0.1) is 0 Å². The third-order valence-electron chi connectivity index (χ3n) is 9.68. The number of ether oxygens (including phenoxy) is 2. The van der Waals surface area contributed by atoms with Gasteiger partial charge in [-0.05, 0) is 80.7 Å². The van der Waals surface area contributed by atoms with Crippen LogP contribution in [0, 0.1) is 22.5 Å². The summed E-state index contributed by atoms with van der Waals surface area (Å²) in [6, 6.07) is 11.4. The van der Waals surface area contributed by atoms with E-state index in [0.717, 1.165) is 23.8 Å². The lowest BCUT2D eigenvalue weighted by Crippen LogP contribution is -2.48. The van der Waals surface area contributed by atoms with Crippen molar-refractivity contribution in [2.45, 2.75) is 125 Å². The SMILES string of the molecule is CC(C)(C)CCOC(=O)CC[C@H](NC(=O)CCNC(=O)[C@@H](N)CCN(C(=O)CO)[C@@H](c1cc(-c2cc(F)ccc2F)cn1Cc1ccccc1)C(C)(C)C)C(=O)OC(C)(C)C. The summed E-state index contributed by atoms with van der Waals surface area (Å²) in [6.45, 7) is 16.4. The number of halogens is 2. The van der Waals surface area contributed by atoms with Crippen LogP contribution in [0.2, 0.25) is 0 Å². The van der Waals surface area contributed by atoms with Crippen molar-refractivity contribution in [1.29, 1.82) is 0 Å². The van der Waals surface area contributed by atoms with Crippen LogP contribution in [-0.2, 0) is 40.0 Å². The summed E-state index contributed by atoms with van der Waals surface area (Å²) in [5, 5.41) is 15.4. The lowest BCUT2D eigenvalue weighted by atomic mass is 9.82. The average Bonchev–Trinajstić information content (AvgIpc) is 3.55. The van der Waals surface area contributed by atoms with Crippen molar-refractivity contribution >= 4 is 29.7 Å². The van der Waals surface area contributed by atoms with Crippen molar-refractivity contribution in [1.82, 2.24) is 20.1 Å². The van der Waals surface area contributed by atoms with Crippen LogP contribution in [0.15, 0.2) is 60.8 Å². The Morgan fingerprint density at radius 1 is 0.902 bits per heavy atom. The van der Waals surface area contributed by atoms with E-state index in [1.54, 1.807) is 33.0 Å². The first-order valence-corrected chi connectivity index (χ1v) is 20.7. The Morgan fingerprint density at radius 3 is 2.18 bits per heavy atom. The molecular formula is C46H65F2N5O8. The fourth-order valence-electron chi connectivity index (χ4n) is 6.63. The summed E-state index contributed by atoms with van der Waals surface area (Å²) in [6.07, 6.45) is 1.93. The first-order valence-electron chi connectivity index (χ1n) is 20.7. The number of benzene rings is 2. The summed E-state index contributed by atoms with van der Waals surface area (Å²) in [7, 11) is 0. The number of nitrogens with two attached hydrogens (primary N) is 1. The minimum atomic E-state index is -1.14. The number of carbonyl (C=O) groups is 5. The summed E-state index contributed by atoms with van der Waals surface area (Å²) in [5.74, 6) is -4.27. The topological polar surface area (TPSA) is 182 Å². The number of aliphatic hydroxyl groups is 1. The lowest BCUT2D eigenvalue weighted by Gasteiger charge is -2.41. The van der Waals surface area contributed by atoms with Crippen molar-refractivity contribution < 1.29 is 47.3 Å². The molecule has 0 fully saturated rings. The molecule has 0 bridgehead atoms. The van der Waals surface area contributed by atoms with Crippen LogP contribution in [0.4, 0.5) is 8.78 Å². The molecule has 13 nitrogen and oxygen atoms in total. The molecule has 2 aromatic carbocycles. The van der Waals surface area contributed by atoms with Gasteiger partial charge in [0.15, 0.2) is 0 Å².